The van der Waals surface area contributed by atoms with Gasteiger partial charge in [0.1, 0.15) is 10.6 Å². The maximum absolute atomic E-state index is 11.6. The van der Waals surface area contributed by atoms with E-state index in [0.29, 0.717) is 36.0 Å². The summed E-state index contributed by atoms with van der Waals surface area (Å²) in [5.74, 6) is 0.308. The Morgan fingerprint density at radius 3 is 2.70 bits per heavy atom. The molecule has 5 N–H and O–H groups in total. The highest BCUT2D eigenvalue weighted by Gasteiger charge is 2.17. The Bertz CT molecular complexity index is 472. The average Bonchev–Trinajstić information content (AvgIpc) is 2.77. The van der Waals surface area contributed by atoms with Gasteiger partial charge in [0.25, 0.3) is 5.91 Å². The molecule has 0 spiro atoms. The van der Waals surface area contributed by atoms with Gasteiger partial charge in [0.2, 0.25) is 5.91 Å². The number of carbonyl (C=O) groups excluding carboxylic acids is 2. The lowest BCUT2D eigenvalue weighted by molar-refractivity contribution is -0.120. The van der Waals surface area contributed by atoms with E-state index in [4.69, 9.17) is 5.73 Å². The number of nitrogen functional groups attached to an aromatic ring is 1. The Morgan fingerprint density at radius 1 is 1.40 bits per heavy atom. The number of hydrogen-bond donors (Lipinski definition) is 4. The second kappa shape index (κ2) is 7.68. The first-order chi connectivity index (χ1) is 9.45. The van der Waals surface area contributed by atoms with Crippen LogP contribution in [-0.2, 0) is 4.79 Å². The van der Waals surface area contributed by atoms with Crippen LogP contribution in [0.3, 0.4) is 0 Å². The van der Waals surface area contributed by atoms with Gasteiger partial charge >= 0.3 is 0 Å². The number of nitrogens with one attached hydrogen (secondary N) is 3. The van der Waals surface area contributed by atoms with Crippen LogP contribution in [0, 0.1) is 5.92 Å². The lowest BCUT2D eigenvalue weighted by atomic mass is 10.2. The summed E-state index contributed by atoms with van der Waals surface area (Å²) in [5, 5.41) is 8.94. The molecule has 0 aliphatic rings. The van der Waals surface area contributed by atoms with E-state index in [0.717, 1.165) is 11.5 Å². The minimum atomic E-state index is -0.289. The fourth-order valence-electron chi connectivity index (χ4n) is 1.46. The lowest BCUT2D eigenvalue weighted by Gasteiger charge is -2.08. The predicted molar refractivity (Wildman–Crippen MR) is 80.9 cm³/mol. The number of carbonyl (C=O) groups is 2. The van der Waals surface area contributed by atoms with Crippen molar-refractivity contribution < 1.29 is 9.59 Å². The zero-order chi connectivity index (χ0) is 15.1. The van der Waals surface area contributed by atoms with Crippen LogP contribution in [0.25, 0.3) is 0 Å². The molecule has 0 aliphatic heterocycles. The first-order valence-corrected chi connectivity index (χ1v) is 7.20. The van der Waals surface area contributed by atoms with Gasteiger partial charge < -0.3 is 21.7 Å². The number of rotatable bonds is 7. The molecule has 1 rings (SSSR count). The van der Waals surface area contributed by atoms with E-state index in [2.05, 4.69) is 20.3 Å². The van der Waals surface area contributed by atoms with Gasteiger partial charge in [-0.2, -0.15) is 4.37 Å². The van der Waals surface area contributed by atoms with E-state index >= 15 is 0 Å². The van der Waals surface area contributed by atoms with Crippen LogP contribution in [-0.4, -0.2) is 36.3 Å². The van der Waals surface area contributed by atoms with Crippen LogP contribution >= 0.6 is 11.5 Å². The number of amides is 2. The molecular formula is C12H21N5O2S. The van der Waals surface area contributed by atoms with Gasteiger partial charge in [-0.1, -0.05) is 13.8 Å². The maximum Gasteiger partial charge on any atom is 0.257 e. The van der Waals surface area contributed by atoms with E-state index in [1.165, 1.54) is 7.05 Å². The Balaban J connectivity index is 2.46. The monoisotopic (exact) mass is 299 g/mol. The third-order valence-electron chi connectivity index (χ3n) is 2.52. The molecule has 1 heterocycles. The van der Waals surface area contributed by atoms with Crippen LogP contribution in [0.15, 0.2) is 0 Å². The highest BCUT2D eigenvalue weighted by Crippen LogP contribution is 2.26. The second-order valence-electron chi connectivity index (χ2n) is 4.73. The summed E-state index contributed by atoms with van der Waals surface area (Å²) in [6.45, 7) is 5.16. The highest BCUT2D eigenvalue weighted by molar-refractivity contribution is 7.11. The van der Waals surface area contributed by atoms with E-state index < -0.39 is 0 Å². The Kier molecular flexibility index (Phi) is 6.23. The molecule has 0 unspecified atom stereocenters. The Labute approximate surface area is 122 Å². The molecule has 112 valence electrons. The standard InChI is InChI=1S/C12H21N5O2S/c1-7(2)6-16-8(18)4-5-15-12-9(11(19)14-3)10(13)17-20-12/h7,15H,4-6H2,1-3H3,(H2,13,17)(H,14,19)(H,16,18). The molecule has 0 fully saturated rings. The van der Waals surface area contributed by atoms with Gasteiger partial charge in [0.05, 0.1) is 0 Å². The van der Waals surface area contributed by atoms with Gasteiger partial charge in [0, 0.05) is 26.6 Å². The third-order valence-corrected chi connectivity index (χ3v) is 3.34. The molecule has 1 aromatic heterocycles. The maximum atomic E-state index is 11.6. The van der Waals surface area contributed by atoms with Crippen molar-refractivity contribution >= 4 is 34.2 Å². The van der Waals surface area contributed by atoms with E-state index in [1.54, 1.807) is 0 Å². The fourth-order valence-corrected chi connectivity index (χ4v) is 2.20. The Hall–Kier alpha value is -1.83. The number of hydrogen-bond acceptors (Lipinski definition) is 6. The minimum absolute atomic E-state index is 0.0230. The van der Waals surface area contributed by atoms with Gasteiger partial charge in [-0.3, -0.25) is 9.59 Å². The lowest BCUT2D eigenvalue weighted by Crippen LogP contribution is -2.28. The van der Waals surface area contributed by atoms with Crippen molar-refractivity contribution in [2.45, 2.75) is 20.3 Å². The minimum Gasteiger partial charge on any atom is -0.382 e. The quantitative estimate of drug-likeness (QED) is 0.591. The van der Waals surface area contributed by atoms with Crippen LogP contribution < -0.4 is 21.7 Å². The zero-order valence-electron chi connectivity index (χ0n) is 11.9. The largest absolute Gasteiger partial charge is 0.382 e. The van der Waals surface area contributed by atoms with Gasteiger partial charge in [-0.05, 0) is 17.5 Å². The SMILES string of the molecule is CNC(=O)c1c(N)nsc1NCCC(=O)NCC(C)C. The number of anilines is 2. The summed E-state index contributed by atoms with van der Waals surface area (Å²) in [6, 6.07) is 0. The first-order valence-electron chi connectivity index (χ1n) is 6.43. The molecule has 0 saturated carbocycles. The van der Waals surface area contributed by atoms with E-state index in [1.807, 2.05) is 13.8 Å². The average molecular weight is 299 g/mol. The fraction of sp³-hybridized carbons (Fsp3) is 0.583. The van der Waals surface area contributed by atoms with Crippen LogP contribution in [0.1, 0.15) is 30.6 Å². The van der Waals surface area contributed by atoms with Gasteiger partial charge in [-0.15, -0.1) is 0 Å². The normalized spacial score (nSPS) is 10.4. The number of nitrogens with two attached hydrogens (primary N) is 1. The van der Waals surface area contributed by atoms with E-state index in [-0.39, 0.29) is 17.6 Å². The molecule has 0 bridgehead atoms. The topological polar surface area (TPSA) is 109 Å². The van der Waals surface area contributed by atoms with Crippen molar-refractivity contribution in [3.8, 4) is 0 Å². The predicted octanol–water partition coefficient (Wildman–Crippen LogP) is 0.659. The molecule has 7 nitrogen and oxygen atoms in total. The molecule has 8 heteroatoms. The summed E-state index contributed by atoms with van der Waals surface area (Å²) < 4.78 is 3.94. The first kappa shape index (κ1) is 16.2. The summed E-state index contributed by atoms with van der Waals surface area (Å²) in [7, 11) is 1.53. The number of aromatic nitrogens is 1. The van der Waals surface area contributed by atoms with Gasteiger partial charge in [0.15, 0.2) is 5.82 Å². The highest BCUT2D eigenvalue weighted by atomic mass is 32.1. The van der Waals surface area contributed by atoms with Crippen molar-refractivity contribution in [2.24, 2.45) is 5.92 Å². The molecule has 0 aliphatic carbocycles. The number of nitrogens with zero attached hydrogens (tertiary/aromatic N) is 1. The Morgan fingerprint density at radius 2 is 2.10 bits per heavy atom. The van der Waals surface area contributed by atoms with Crippen molar-refractivity contribution in [3.05, 3.63) is 5.56 Å². The van der Waals surface area contributed by atoms with Crippen molar-refractivity contribution in [1.29, 1.82) is 0 Å². The van der Waals surface area contributed by atoms with Crippen molar-refractivity contribution in [3.63, 3.8) is 0 Å². The molecule has 0 radical (unpaired) electrons. The van der Waals surface area contributed by atoms with Crippen LogP contribution in [0.5, 0.6) is 0 Å². The molecule has 20 heavy (non-hydrogen) atoms. The van der Waals surface area contributed by atoms with Crippen molar-refractivity contribution in [2.75, 3.05) is 31.2 Å². The third kappa shape index (κ3) is 4.69. The molecule has 2 amide bonds. The molecule has 0 saturated heterocycles. The summed E-state index contributed by atoms with van der Waals surface area (Å²) >= 11 is 1.11. The second-order valence-corrected chi connectivity index (χ2v) is 5.50. The smallest absolute Gasteiger partial charge is 0.257 e. The summed E-state index contributed by atoms with van der Waals surface area (Å²) in [6.07, 6.45) is 0.331. The van der Waals surface area contributed by atoms with Crippen molar-refractivity contribution in [1.82, 2.24) is 15.0 Å². The molecule has 0 aromatic carbocycles. The van der Waals surface area contributed by atoms with Gasteiger partial charge in [-0.25, -0.2) is 0 Å². The van der Waals surface area contributed by atoms with Crippen LogP contribution in [0.4, 0.5) is 10.8 Å². The molecule has 0 atom stereocenters. The summed E-state index contributed by atoms with van der Waals surface area (Å²) in [4.78, 5) is 23.2. The molecular weight excluding hydrogens is 278 g/mol. The van der Waals surface area contributed by atoms with Crippen LogP contribution in [0.2, 0.25) is 0 Å². The van der Waals surface area contributed by atoms with E-state index in [9.17, 15) is 9.59 Å². The molecule has 1 aromatic rings. The summed E-state index contributed by atoms with van der Waals surface area (Å²) in [5.41, 5.74) is 5.98. The zero-order valence-corrected chi connectivity index (χ0v) is 12.8.